The summed E-state index contributed by atoms with van der Waals surface area (Å²) in [4.78, 5) is 28.8. The third kappa shape index (κ3) is 3.15. The number of imidazole rings is 1. The number of hydrogen-bond donors (Lipinski definition) is 1. The number of ketones is 2. The zero-order valence-corrected chi connectivity index (χ0v) is 15.6. The number of nitrogens with zero attached hydrogens (tertiary/aromatic N) is 2. The summed E-state index contributed by atoms with van der Waals surface area (Å²) in [6.07, 6.45) is 0. The molecule has 10 heteroatoms. The molecule has 7 nitrogen and oxygen atoms in total. The van der Waals surface area contributed by atoms with E-state index in [0.717, 1.165) is 22.2 Å². The fourth-order valence-electron chi connectivity index (χ4n) is 2.62. The second-order valence-corrected chi connectivity index (χ2v) is 8.65. The molecule has 0 radical (unpaired) electrons. The third-order valence-corrected chi connectivity index (χ3v) is 6.22. The van der Waals surface area contributed by atoms with E-state index in [1.54, 1.807) is 0 Å². The average Bonchev–Trinajstić information content (AvgIpc) is 2.95. The van der Waals surface area contributed by atoms with Gasteiger partial charge in [-0.05, 0) is 44.2 Å². The van der Waals surface area contributed by atoms with Gasteiger partial charge in [0.05, 0.1) is 21.8 Å². The molecule has 1 heterocycles. The van der Waals surface area contributed by atoms with Gasteiger partial charge < -0.3 is 5.73 Å². The number of carbonyl (C=O) groups is 2. The number of benzene rings is 2. The van der Waals surface area contributed by atoms with Crippen molar-refractivity contribution in [2.75, 3.05) is 5.73 Å². The lowest BCUT2D eigenvalue weighted by Gasteiger charge is -2.11. The van der Waals surface area contributed by atoms with Gasteiger partial charge in [-0.1, -0.05) is 0 Å². The van der Waals surface area contributed by atoms with E-state index in [4.69, 9.17) is 5.73 Å². The van der Waals surface area contributed by atoms with Crippen molar-refractivity contribution in [3.63, 3.8) is 0 Å². The Morgan fingerprint density at radius 3 is 2.36 bits per heavy atom. The molecule has 146 valence electrons. The van der Waals surface area contributed by atoms with E-state index in [9.17, 15) is 26.8 Å². The summed E-state index contributed by atoms with van der Waals surface area (Å²) >= 11 is 0. The number of Topliss-reactive ketones (excluding diaryl/α,β-unsaturated/α-hetero) is 2. The maximum atomic E-state index is 13.8. The predicted molar refractivity (Wildman–Crippen MR) is 98.6 cm³/mol. The summed E-state index contributed by atoms with van der Waals surface area (Å²) in [6, 6.07) is 5.96. The van der Waals surface area contributed by atoms with Crippen LogP contribution in [0.2, 0.25) is 0 Å². The van der Waals surface area contributed by atoms with Gasteiger partial charge in [0.2, 0.25) is 27.5 Å². The van der Waals surface area contributed by atoms with E-state index in [1.165, 1.54) is 26.0 Å². The van der Waals surface area contributed by atoms with E-state index >= 15 is 0 Å². The SMILES string of the molecule is CC(C)S(=O)(=O)n1c(N)nc2ccc(C(=O)C(=O)c3ccc(F)cc3F)cc21. The van der Waals surface area contributed by atoms with Crippen molar-refractivity contribution in [3.05, 3.63) is 59.2 Å². The zero-order chi connectivity index (χ0) is 20.8. The van der Waals surface area contributed by atoms with Crippen LogP contribution in [0.4, 0.5) is 14.7 Å². The van der Waals surface area contributed by atoms with Crippen molar-refractivity contribution in [1.82, 2.24) is 8.96 Å². The fourth-order valence-corrected chi connectivity index (χ4v) is 3.76. The second kappa shape index (κ2) is 6.79. The van der Waals surface area contributed by atoms with Gasteiger partial charge in [0, 0.05) is 11.6 Å². The largest absolute Gasteiger partial charge is 0.368 e. The maximum absolute atomic E-state index is 13.8. The number of aromatic nitrogens is 2. The van der Waals surface area contributed by atoms with E-state index in [-0.39, 0.29) is 22.5 Å². The van der Waals surface area contributed by atoms with Crippen molar-refractivity contribution in [3.8, 4) is 0 Å². The number of nitrogens with two attached hydrogens (primary N) is 1. The smallest absolute Gasteiger partial charge is 0.244 e. The van der Waals surface area contributed by atoms with Crippen LogP contribution in [-0.4, -0.2) is 34.2 Å². The number of carbonyl (C=O) groups excluding carboxylic acids is 2. The van der Waals surface area contributed by atoms with Gasteiger partial charge in [-0.3, -0.25) is 9.59 Å². The van der Waals surface area contributed by atoms with E-state index in [2.05, 4.69) is 4.98 Å². The molecule has 0 amide bonds. The normalized spacial score (nSPS) is 11.9. The van der Waals surface area contributed by atoms with Crippen LogP contribution in [0.25, 0.3) is 11.0 Å². The highest BCUT2D eigenvalue weighted by Crippen LogP contribution is 2.24. The molecule has 0 saturated heterocycles. The molecular formula is C18H15F2N3O4S. The van der Waals surface area contributed by atoms with Crippen LogP contribution in [0.3, 0.4) is 0 Å². The van der Waals surface area contributed by atoms with Crippen molar-refractivity contribution in [1.29, 1.82) is 0 Å². The molecule has 0 fully saturated rings. The van der Waals surface area contributed by atoms with Crippen LogP contribution in [0, 0.1) is 11.6 Å². The maximum Gasteiger partial charge on any atom is 0.244 e. The van der Waals surface area contributed by atoms with Gasteiger partial charge in [0.25, 0.3) is 0 Å². The van der Waals surface area contributed by atoms with Gasteiger partial charge in [-0.15, -0.1) is 0 Å². The molecule has 0 bridgehead atoms. The number of hydrogen-bond acceptors (Lipinski definition) is 6. The third-order valence-electron chi connectivity index (χ3n) is 4.13. The first-order chi connectivity index (χ1) is 13.0. The van der Waals surface area contributed by atoms with Crippen LogP contribution >= 0.6 is 0 Å². The Bertz CT molecular complexity index is 1230. The van der Waals surface area contributed by atoms with Gasteiger partial charge in [0.15, 0.2) is 0 Å². The molecular weight excluding hydrogens is 392 g/mol. The summed E-state index contributed by atoms with van der Waals surface area (Å²) in [5, 5.41) is -0.818. The van der Waals surface area contributed by atoms with Crippen LogP contribution in [0.1, 0.15) is 34.6 Å². The summed E-state index contributed by atoms with van der Waals surface area (Å²) in [5.41, 5.74) is 5.18. The Labute approximate surface area is 158 Å². The molecule has 0 aliphatic rings. The minimum absolute atomic E-state index is 0.0180. The predicted octanol–water partition coefficient (Wildman–Crippen LogP) is 2.55. The van der Waals surface area contributed by atoms with Crippen molar-refractivity contribution in [2.45, 2.75) is 19.1 Å². The topological polar surface area (TPSA) is 112 Å². The Morgan fingerprint density at radius 2 is 1.75 bits per heavy atom. The van der Waals surface area contributed by atoms with E-state index in [0.29, 0.717) is 6.07 Å². The van der Waals surface area contributed by atoms with Crippen molar-refractivity contribution < 1.29 is 26.8 Å². The fraction of sp³-hybridized carbons (Fsp3) is 0.167. The summed E-state index contributed by atoms with van der Waals surface area (Å²) in [6.45, 7) is 2.91. The van der Waals surface area contributed by atoms with Crippen LogP contribution in [0.5, 0.6) is 0 Å². The second-order valence-electron chi connectivity index (χ2n) is 6.31. The minimum Gasteiger partial charge on any atom is -0.368 e. The first-order valence-corrected chi connectivity index (χ1v) is 9.60. The zero-order valence-electron chi connectivity index (χ0n) is 14.8. The molecule has 3 rings (SSSR count). The Balaban J connectivity index is 2.12. The minimum atomic E-state index is -3.89. The average molecular weight is 407 g/mol. The van der Waals surface area contributed by atoms with Crippen molar-refractivity contribution >= 4 is 38.6 Å². The standard InChI is InChI=1S/C18H15F2N3O4S/c1-9(2)28(26,27)23-15-7-10(3-6-14(15)22-18(23)21)16(24)17(25)12-5-4-11(19)8-13(12)20/h3-9H,1-2H3,(H2,21,22). The molecule has 0 atom stereocenters. The summed E-state index contributed by atoms with van der Waals surface area (Å²) in [5.74, 6) is -4.62. The van der Waals surface area contributed by atoms with Gasteiger partial charge in [-0.2, -0.15) is 0 Å². The lowest BCUT2D eigenvalue weighted by Crippen LogP contribution is -2.24. The van der Waals surface area contributed by atoms with E-state index in [1.807, 2.05) is 0 Å². The molecule has 3 aromatic rings. The highest BCUT2D eigenvalue weighted by atomic mass is 32.2. The number of halogens is 2. The van der Waals surface area contributed by atoms with Gasteiger partial charge in [-0.25, -0.2) is 26.2 Å². The van der Waals surface area contributed by atoms with Crippen molar-refractivity contribution in [2.24, 2.45) is 0 Å². The number of fused-ring (bicyclic) bond motifs is 1. The van der Waals surface area contributed by atoms with Gasteiger partial charge >= 0.3 is 0 Å². The van der Waals surface area contributed by atoms with Gasteiger partial charge in [0.1, 0.15) is 11.6 Å². The summed E-state index contributed by atoms with van der Waals surface area (Å²) < 4.78 is 52.7. The molecule has 0 aliphatic heterocycles. The first-order valence-electron chi connectivity index (χ1n) is 8.10. The van der Waals surface area contributed by atoms with Crippen LogP contribution < -0.4 is 5.73 Å². The van der Waals surface area contributed by atoms with E-state index < -0.39 is 44.0 Å². The molecule has 0 aliphatic carbocycles. The highest BCUT2D eigenvalue weighted by Gasteiger charge is 2.27. The quantitative estimate of drug-likeness (QED) is 0.514. The highest BCUT2D eigenvalue weighted by molar-refractivity contribution is 7.90. The summed E-state index contributed by atoms with van der Waals surface area (Å²) in [7, 11) is -3.89. The molecule has 2 N–H and O–H groups in total. The molecule has 0 spiro atoms. The Hall–Kier alpha value is -3.14. The lowest BCUT2D eigenvalue weighted by atomic mass is 10.0. The first kappa shape index (κ1) is 19.6. The van der Waals surface area contributed by atoms with Crippen LogP contribution in [0.15, 0.2) is 36.4 Å². The Kier molecular flexibility index (Phi) is 4.76. The molecule has 0 saturated carbocycles. The monoisotopic (exact) mass is 407 g/mol. The number of nitrogen functional groups attached to an aromatic ring is 1. The molecule has 1 aromatic heterocycles. The number of anilines is 1. The number of rotatable bonds is 5. The van der Waals surface area contributed by atoms with Crippen LogP contribution in [-0.2, 0) is 10.0 Å². The lowest BCUT2D eigenvalue weighted by molar-refractivity contribution is 0.0814. The molecule has 28 heavy (non-hydrogen) atoms. The molecule has 0 unspecified atom stereocenters. The Morgan fingerprint density at radius 1 is 1.07 bits per heavy atom. The molecule has 2 aromatic carbocycles.